The number of carbonyl (C=O) groups excluding carboxylic acids is 1. The van der Waals surface area contributed by atoms with Crippen LogP contribution in [0.25, 0.3) is 0 Å². The quantitative estimate of drug-likeness (QED) is 0.702. The van der Waals surface area contributed by atoms with Crippen LogP contribution in [0.1, 0.15) is 0 Å². The molecule has 0 saturated heterocycles. The fourth-order valence-corrected chi connectivity index (χ4v) is 0.877. The molecule has 0 aliphatic rings. The van der Waals surface area contributed by atoms with Crippen LogP contribution in [0, 0.1) is 0 Å². The molecule has 0 unspecified atom stereocenters. The number of aliphatic hydroxyl groups excluding tert-OH is 1. The normalized spacial score (nSPS) is 16.8. The third kappa shape index (κ3) is 3.17. The number of nitrogens with two attached hydrogens (primary N) is 1. The maximum atomic E-state index is 10.2. The molecule has 0 heterocycles. The lowest BCUT2D eigenvalue weighted by molar-refractivity contribution is -0.125. The number of carbonyl (C=O) groups is 1. The Bertz CT molecular complexity index is 109. The van der Waals surface area contributed by atoms with Crippen LogP contribution in [0.3, 0.4) is 0 Å². The minimum absolute atomic E-state index is 0.296. The zero-order valence-electron chi connectivity index (χ0n) is 4.55. The zero-order valence-corrected chi connectivity index (χ0v) is 7.72. The molecule has 0 aromatic rings. The van der Waals surface area contributed by atoms with Crippen molar-refractivity contribution in [2.75, 3.05) is 5.33 Å². The topological polar surface area (TPSA) is 63.3 Å². The molecule has 2 atom stereocenters. The lowest BCUT2D eigenvalue weighted by Crippen LogP contribution is -2.36. The maximum Gasteiger partial charge on any atom is 0.247 e. The van der Waals surface area contributed by atoms with Crippen molar-refractivity contribution in [3.8, 4) is 0 Å². The highest BCUT2D eigenvalue weighted by molar-refractivity contribution is 9.12. The molecule has 0 rings (SSSR count). The number of amides is 1. The van der Waals surface area contributed by atoms with E-state index in [0.29, 0.717) is 5.33 Å². The predicted octanol–water partition coefficient (Wildman–Crippen LogP) is -0.00900. The van der Waals surface area contributed by atoms with Crippen molar-refractivity contribution >= 4 is 37.8 Å². The Hall–Kier alpha value is 0.390. The lowest BCUT2D eigenvalue weighted by Gasteiger charge is -2.09. The molecule has 9 heavy (non-hydrogen) atoms. The van der Waals surface area contributed by atoms with E-state index in [1.165, 1.54) is 0 Å². The number of alkyl halides is 2. The van der Waals surface area contributed by atoms with E-state index in [0.717, 1.165) is 0 Å². The summed E-state index contributed by atoms with van der Waals surface area (Å²) in [5, 5.41) is 9.34. The van der Waals surface area contributed by atoms with Gasteiger partial charge in [0, 0.05) is 5.33 Å². The highest BCUT2D eigenvalue weighted by Crippen LogP contribution is 2.07. The summed E-state index contributed by atoms with van der Waals surface area (Å²) in [5.41, 5.74) is 4.77. The molecular weight excluding hydrogens is 254 g/mol. The third-order valence-corrected chi connectivity index (χ3v) is 3.17. The Morgan fingerprint density at radius 1 is 1.78 bits per heavy atom. The Labute approximate surface area is 69.9 Å². The smallest absolute Gasteiger partial charge is 0.247 e. The Morgan fingerprint density at radius 2 is 2.22 bits per heavy atom. The van der Waals surface area contributed by atoms with Gasteiger partial charge >= 0.3 is 0 Å². The molecule has 0 aliphatic heterocycles. The highest BCUT2D eigenvalue weighted by atomic mass is 79.9. The lowest BCUT2D eigenvalue weighted by atomic mass is 10.3. The molecule has 0 fully saturated rings. The molecule has 3 nitrogen and oxygen atoms in total. The zero-order chi connectivity index (χ0) is 7.44. The summed E-state index contributed by atoms with van der Waals surface area (Å²) >= 11 is 6.11. The third-order valence-electron chi connectivity index (χ3n) is 0.782. The molecule has 3 N–H and O–H groups in total. The van der Waals surface area contributed by atoms with Crippen LogP contribution in [0.4, 0.5) is 0 Å². The van der Waals surface area contributed by atoms with Gasteiger partial charge in [0.25, 0.3) is 0 Å². The Kier molecular flexibility index (Phi) is 4.43. The molecule has 1 amide bonds. The summed E-state index contributed by atoms with van der Waals surface area (Å²) < 4.78 is 0. The van der Waals surface area contributed by atoms with Crippen LogP contribution in [0.2, 0.25) is 0 Å². The van der Waals surface area contributed by atoms with Crippen LogP contribution in [0.15, 0.2) is 0 Å². The molecule has 0 spiro atoms. The number of halogens is 2. The molecule has 0 aromatic heterocycles. The Morgan fingerprint density at radius 3 is 2.33 bits per heavy atom. The fraction of sp³-hybridized carbons (Fsp3) is 0.750. The fourth-order valence-electron chi connectivity index (χ4n) is 0.263. The average Bonchev–Trinajstić information content (AvgIpc) is 1.84. The summed E-state index contributed by atoms with van der Waals surface area (Å²) in [5.74, 6) is -0.712. The molecule has 0 bridgehead atoms. The standard InChI is InChI=1S/C4H7Br2NO2/c5-1-2(6)3(8)4(7)9/h2-3,8H,1H2,(H2,7,9)/t2-,3-/m1/s1. The summed E-state index contributed by atoms with van der Waals surface area (Å²) in [4.78, 5) is 9.92. The first-order valence-electron chi connectivity index (χ1n) is 2.27. The first-order valence-corrected chi connectivity index (χ1v) is 4.30. The van der Waals surface area contributed by atoms with Gasteiger partial charge in [0.05, 0.1) is 4.83 Å². The van der Waals surface area contributed by atoms with Crippen molar-refractivity contribution in [2.45, 2.75) is 10.9 Å². The summed E-state index contributed by atoms with van der Waals surface area (Å²) in [6.45, 7) is 0. The van der Waals surface area contributed by atoms with E-state index < -0.39 is 12.0 Å². The van der Waals surface area contributed by atoms with Gasteiger partial charge < -0.3 is 10.8 Å². The van der Waals surface area contributed by atoms with E-state index >= 15 is 0 Å². The van der Waals surface area contributed by atoms with Crippen LogP contribution >= 0.6 is 31.9 Å². The minimum atomic E-state index is -1.11. The molecule has 0 aromatic carbocycles. The van der Waals surface area contributed by atoms with Crippen LogP contribution < -0.4 is 5.73 Å². The summed E-state index contributed by atoms with van der Waals surface area (Å²) in [6.07, 6.45) is -1.11. The molecular formula is C4H7Br2NO2. The SMILES string of the molecule is NC(=O)[C@H](O)[C@H](Br)CBr. The first-order chi connectivity index (χ1) is 4.09. The second-order valence-electron chi connectivity index (χ2n) is 1.52. The summed E-state index contributed by atoms with van der Waals surface area (Å²) in [7, 11) is 0. The van der Waals surface area contributed by atoms with Gasteiger partial charge in [0.1, 0.15) is 6.10 Å². The van der Waals surface area contributed by atoms with E-state index in [1.807, 2.05) is 0 Å². The number of hydrogen-bond acceptors (Lipinski definition) is 2. The van der Waals surface area contributed by atoms with E-state index in [9.17, 15) is 4.79 Å². The van der Waals surface area contributed by atoms with Gasteiger partial charge in [0.2, 0.25) is 5.91 Å². The van der Waals surface area contributed by atoms with Crippen LogP contribution in [-0.2, 0) is 4.79 Å². The van der Waals surface area contributed by atoms with E-state index in [4.69, 9.17) is 10.8 Å². The highest BCUT2D eigenvalue weighted by Gasteiger charge is 2.19. The van der Waals surface area contributed by atoms with Gasteiger partial charge in [-0.3, -0.25) is 4.79 Å². The first kappa shape index (κ1) is 9.39. The van der Waals surface area contributed by atoms with Gasteiger partial charge in [-0.2, -0.15) is 0 Å². The minimum Gasteiger partial charge on any atom is -0.382 e. The molecule has 54 valence electrons. The van der Waals surface area contributed by atoms with Crippen molar-refractivity contribution in [3.63, 3.8) is 0 Å². The Balaban J connectivity index is 3.72. The summed E-state index contributed by atoms with van der Waals surface area (Å²) in [6, 6.07) is 0. The van der Waals surface area contributed by atoms with Crippen molar-refractivity contribution in [1.29, 1.82) is 0 Å². The maximum absolute atomic E-state index is 10.2. The monoisotopic (exact) mass is 259 g/mol. The predicted molar refractivity (Wildman–Crippen MR) is 41.7 cm³/mol. The number of rotatable bonds is 3. The van der Waals surface area contributed by atoms with Crippen molar-refractivity contribution in [2.24, 2.45) is 5.73 Å². The van der Waals surface area contributed by atoms with Gasteiger partial charge in [0.15, 0.2) is 0 Å². The largest absolute Gasteiger partial charge is 0.382 e. The van der Waals surface area contributed by atoms with Gasteiger partial charge in [-0.05, 0) is 0 Å². The van der Waals surface area contributed by atoms with E-state index in [-0.39, 0.29) is 4.83 Å². The van der Waals surface area contributed by atoms with Gasteiger partial charge in [-0.1, -0.05) is 31.9 Å². The van der Waals surface area contributed by atoms with Crippen molar-refractivity contribution < 1.29 is 9.90 Å². The number of hydrogen-bond donors (Lipinski definition) is 2. The van der Waals surface area contributed by atoms with Crippen LogP contribution in [0.5, 0.6) is 0 Å². The van der Waals surface area contributed by atoms with Gasteiger partial charge in [-0.15, -0.1) is 0 Å². The molecule has 5 heteroatoms. The van der Waals surface area contributed by atoms with Crippen LogP contribution in [-0.4, -0.2) is 27.3 Å². The van der Waals surface area contributed by atoms with E-state index in [2.05, 4.69) is 31.9 Å². The number of aliphatic hydroxyl groups is 1. The number of primary amides is 1. The second-order valence-corrected chi connectivity index (χ2v) is 3.34. The molecule has 0 saturated carbocycles. The van der Waals surface area contributed by atoms with Gasteiger partial charge in [-0.25, -0.2) is 0 Å². The molecule has 0 aliphatic carbocycles. The second kappa shape index (κ2) is 4.24. The van der Waals surface area contributed by atoms with Crippen molar-refractivity contribution in [3.05, 3.63) is 0 Å². The van der Waals surface area contributed by atoms with E-state index in [1.54, 1.807) is 0 Å². The molecule has 0 radical (unpaired) electrons. The average molecular weight is 261 g/mol. The van der Waals surface area contributed by atoms with Crippen molar-refractivity contribution in [1.82, 2.24) is 0 Å².